The van der Waals surface area contributed by atoms with Gasteiger partial charge in [0.05, 0.1) is 11.7 Å². The molecule has 0 aliphatic heterocycles. The Kier molecular flexibility index (Phi) is 6.69. The SMILES string of the molecule is CCCC(=O)CCCc1ccn(C(CC)CC)n1. The summed E-state index contributed by atoms with van der Waals surface area (Å²) in [5.74, 6) is 0.386. The van der Waals surface area contributed by atoms with Crippen molar-refractivity contribution in [2.24, 2.45) is 0 Å². The number of ketones is 1. The average Bonchev–Trinajstić information content (AvgIpc) is 2.80. The number of Topliss-reactive ketones (excluding diaryl/α,β-unsaturated/α-hetero) is 1. The lowest BCUT2D eigenvalue weighted by atomic mass is 10.1. The largest absolute Gasteiger partial charge is 0.300 e. The molecule has 102 valence electrons. The van der Waals surface area contributed by atoms with Gasteiger partial charge in [-0.2, -0.15) is 5.10 Å². The van der Waals surface area contributed by atoms with E-state index in [1.807, 2.05) is 0 Å². The van der Waals surface area contributed by atoms with Crippen LogP contribution in [-0.4, -0.2) is 15.6 Å². The molecule has 0 aliphatic carbocycles. The van der Waals surface area contributed by atoms with E-state index in [0.29, 0.717) is 18.2 Å². The van der Waals surface area contributed by atoms with E-state index >= 15 is 0 Å². The number of hydrogen-bond acceptors (Lipinski definition) is 2. The minimum atomic E-state index is 0.386. The quantitative estimate of drug-likeness (QED) is 0.665. The van der Waals surface area contributed by atoms with Crippen LogP contribution < -0.4 is 0 Å². The third-order valence-corrected chi connectivity index (χ3v) is 3.40. The molecular formula is C15H26N2O. The normalized spacial score (nSPS) is 11.1. The molecule has 0 saturated carbocycles. The minimum absolute atomic E-state index is 0.386. The number of carbonyl (C=O) groups excluding carboxylic acids is 1. The Bertz CT molecular complexity index is 353. The summed E-state index contributed by atoms with van der Waals surface area (Å²) in [5.41, 5.74) is 1.12. The second-order valence-corrected chi connectivity index (χ2v) is 4.90. The zero-order valence-corrected chi connectivity index (χ0v) is 12.0. The number of rotatable bonds is 9. The molecule has 0 aromatic carbocycles. The van der Waals surface area contributed by atoms with Gasteiger partial charge in [-0.15, -0.1) is 0 Å². The Balaban J connectivity index is 2.37. The maximum absolute atomic E-state index is 11.4. The minimum Gasteiger partial charge on any atom is -0.300 e. The molecule has 1 aromatic rings. The molecule has 0 spiro atoms. The molecule has 0 fully saturated rings. The summed E-state index contributed by atoms with van der Waals surface area (Å²) in [5, 5.41) is 4.60. The molecule has 0 saturated heterocycles. The number of nitrogens with zero attached hydrogens (tertiary/aromatic N) is 2. The van der Waals surface area contributed by atoms with E-state index in [1.54, 1.807) is 0 Å². The molecule has 1 aromatic heterocycles. The van der Waals surface area contributed by atoms with E-state index in [-0.39, 0.29) is 0 Å². The zero-order valence-electron chi connectivity index (χ0n) is 12.0. The van der Waals surface area contributed by atoms with Crippen LogP contribution in [-0.2, 0) is 11.2 Å². The van der Waals surface area contributed by atoms with Crippen molar-refractivity contribution in [2.45, 2.75) is 71.8 Å². The van der Waals surface area contributed by atoms with Crippen LogP contribution in [0.5, 0.6) is 0 Å². The number of carbonyl (C=O) groups is 1. The molecule has 0 bridgehead atoms. The average molecular weight is 250 g/mol. The van der Waals surface area contributed by atoms with Gasteiger partial charge in [0.1, 0.15) is 5.78 Å². The van der Waals surface area contributed by atoms with E-state index < -0.39 is 0 Å². The lowest BCUT2D eigenvalue weighted by Gasteiger charge is -2.12. The first-order valence-corrected chi connectivity index (χ1v) is 7.26. The smallest absolute Gasteiger partial charge is 0.132 e. The summed E-state index contributed by atoms with van der Waals surface area (Å²) < 4.78 is 2.07. The fraction of sp³-hybridized carbons (Fsp3) is 0.733. The highest BCUT2D eigenvalue weighted by Crippen LogP contribution is 2.15. The van der Waals surface area contributed by atoms with Crippen LogP contribution in [0.2, 0.25) is 0 Å². The maximum Gasteiger partial charge on any atom is 0.132 e. The highest BCUT2D eigenvalue weighted by Gasteiger charge is 2.08. The fourth-order valence-electron chi connectivity index (χ4n) is 2.25. The Labute approximate surface area is 111 Å². The van der Waals surface area contributed by atoms with Gasteiger partial charge in [0.25, 0.3) is 0 Å². The van der Waals surface area contributed by atoms with Crippen LogP contribution >= 0.6 is 0 Å². The zero-order chi connectivity index (χ0) is 13.4. The van der Waals surface area contributed by atoms with Gasteiger partial charge in [0, 0.05) is 19.0 Å². The Morgan fingerprint density at radius 1 is 1.28 bits per heavy atom. The van der Waals surface area contributed by atoms with Crippen LogP contribution in [0.4, 0.5) is 0 Å². The van der Waals surface area contributed by atoms with Gasteiger partial charge in [-0.3, -0.25) is 9.48 Å². The van der Waals surface area contributed by atoms with E-state index in [0.717, 1.165) is 44.2 Å². The molecular weight excluding hydrogens is 224 g/mol. The summed E-state index contributed by atoms with van der Waals surface area (Å²) in [6.07, 6.45) is 8.54. The first-order chi connectivity index (χ1) is 8.71. The third-order valence-electron chi connectivity index (χ3n) is 3.40. The first-order valence-electron chi connectivity index (χ1n) is 7.26. The van der Waals surface area contributed by atoms with Gasteiger partial charge in [-0.25, -0.2) is 0 Å². The summed E-state index contributed by atoms with van der Waals surface area (Å²) >= 11 is 0. The van der Waals surface area contributed by atoms with Crippen LogP contribution in [0.3, 0.4) is 0 Å². The van der Waals surface area contributed by atoms with E-state index in [4.69, 9.17) is 0 Å². The predicted molar refractivity (Wildman–Crippen MR) is 74.7 cm³/mol. The van der Waals surface area contributed by atoms with Crippen LogP contribution in [0.1, 0.15) is 71.0 Å². The summed E-state index contributed by atoms with van der Waals surface area (Å²) in [6.45, 7) is 6.44. The molecule has 3 nitrogen and oxygen atoms in total. The molecule has 0 aliphatic rings. The monoisotopic (exact) mass is 250 g/mol. The molecule has 0 radical (unpaired) electrons. The number of hydrogen-bond donors (Lipinski definition) is 0. The topological polar surface area (TPSA) is 34.9 Å². The predicted octanol–water partition coefficient (Wildman–Crippen LogP) is 3.94. The second-order valence-electron chi connectivity index (χ2n) is 4.90. The first kappa shape index (κ1) is 14.9. The van der Waals surface area contributed by atoms with Crippen molar-refractivity contribution >= 4 is 5.78 Å². The third kappa shape index (κ3) is 4.63. The number of aryl methyl sites for hydroxylation is 1. The van der Waals surface area contributed by atoms with Gasteiger partial charge in [0.2, 0.25) is 0 Å². The van der Waals surface area contributed by atoms with Gasteiger partial charge in [0.15, 0.2) is 0 Å². The van der Waals surface area contributed by atoms with Crippen molar-refractivity contribution in [2.75, 3.05) is 0 Å². The number of aromatic nitrogens is 2. The molecule has 18 heavy (non-hydrogen) atoms. The highest BCUT2D eigenvalue weighted by molar-refractivity contribution is 5.78. The molecule has 1 rings (SSSR count). The van der Waals surface area contributed by atoms with E-state index in [1.165, 1.54) is 0 Å². The molecule has 0 unspecified atom stereocenters. The van der Waals surface area contributed by atoms with Crippen molar-refractivity contribution in [3.05, 3.63) is 18.0 Å². The molecule has 0 atom stereocenters. The van der Waals surface area contributed by atoms with Crippen molar-refractivity contribution in [1.82, 2.24) is 9.78 Å². The van der Waals surface area contributed by atoms with Gasteiger partial charge < -0.3 is 0 Å². The summed E-state index contributed by atoms with van der Waals surface area (Å²) in [7, 11) is 0. The van der Waals surface area contributed by atoms with Gasteiger partial charge >= 0.3 is 0 Å². The van der Waals surface area contributed by atoms with Gasteiger partial charge in [-0.05, 0) is 38.2 Å². The van der Waals surface area contributed by atoms with E-state index in [9.17, 15) is 4.79 Å². The van der Waals surface area contributed by atoms with Crippen molar-refractivity contribution in [3.63, 3.8) is 0 Å². The maximum atomic E-state index is 11.4. The summed E-state index contributed by atoms with van der Waals surface area (Å²) in [4.78, 5) is 11.4. The van der Waals surface area contributed by atoms with Crippen LogP contribution in [0.15, 0.2) is 12.3 Å². The standard InChI is InChI=1S/C15H26N2O/c1-4-8-15(18)10-7-9-13-11-12-17(16-13)14(5-2)6-3/h11-12,14H,4-10H2,1-3H3. The lowest BCUT2D eigenvalue weighted by Crippen LogP contribution is -2.08. The van der Waals surface area contributed by atoms with Crippen molar-refractivity contribution < 1.29 is 4.79 Å². The van der Waals surface area contributed by atoms with Crippen molar-refractivity contribution in [1.29, 1.82) is 0 Å². The molecule has 1 heterocycles. The highest BCUT2D eigenvalue weighted by atomic mass is 16.1. The molecule has 3 heteroatoms. The van der Waals surface area contributed by atoms with Crippen LogP contribution in [0.25, 0.3) is 0 Å². The fourth-order valence-corrected chi connectivity index (χ4v) is 2.25. The van der Waals surface area contributed by atoms with E-state index in [2.05, 4.69) is 42.8 Å². The van der Waals surface area contributed by atoms with Crippen LogP contribution in [0, 0.1) is 0 Å². The Morgan fingerprint density at radius 3 is 2.61 bits per heavy atom. The lowest BCUT2D eigenvalue weighted by molar-refractivity contribution is -0.119. The molecule has 0 N–H and O–H groups in total. The Hall–Kier alpha value is -1.12. The molecule has 0 amide bonds. The summed E-state index contributed by atoms with van der Waals surface area (Å²) in [6, 6.07) is 2.60. The van der Waals surface area contributed by atoms with Gasteiger partial charge in [-0.1, -0.05) is 20.8 Å². The van der Waals surface area contributed by atoms with Crippen molar-refractivity contribution in [3.8, 4) is 0 Å². The second kappa shape index (κ2) is 8.06. The Morgan fingerprint density at radius 2 is 2.00 bits per heavy atom.